The third-order valence-electron chi connectivity index (χ3n) is 6.79. The zero-order valence-electron chi connectivity index (χ0n) is 22.4. The van der Waals surface area contributed by atoms with Crippen LogP contribution in [-0.4, -0.2) is 0 Å². The first-order valence-electron chi connectivity index (χ1n) is 13.4. The van der Waals surface area contributed by atoms with Gasteiger partial charge in [-0.2, -0.15) is 12.1 Å². The van der Waals surface area contributed by atoms with Gasteiger partial charge in [0.25, 0.3) is 0 Å². The Morgan fingerprint density at radius 1 is 0.415 bits per heavy atom. The van der Waals surface area contributed by atoms with Gasteiger partial charge in [0, 0.05) is 39.3 Å². The first-order chi connectivity index (χ1) is 19.9. The Bertz CT molecular complexity index is 1960. The van der Waals surface area contributed by atoms with Crippen LogP contribution >= 0.6 is 0 Å². The van der Waals surface area contributed by atoms with Crippen molar-refractivity contribution in [2.75, 3.05) is 0 Å². The van der Waals surface area contributed by atoms with Crippen LogP contribution in [0.15, 0.2) is 158 Å². The van der Waals surface area contributed by atoms with Crippen LogP contribution < -0.4 is 0 Å². The molecule has 1 heteroatoms. The predicted molar refractivity (Wildman–Crippen MR) is 169 cm³/mol. The van der Waals surface area contributed by atoms with Crippen molar-refractivity contribution >= 4 is 21.5 Å². The minimum atomic E-state index is 0. The van der Waals surface area contributed by atoms with E-state index >= 15 is 0 Å². The van der Waals surface area contributed by atoms with E-state index in [9.17, 15) is 0 Å². The molecule has 0 bridgehead atoms. The van der Waals surface area contributed by atoms with Gasteiger partial charge < -0.3 is 30.3 Å². The number of benzene rings is 5. The standard InChI is InChI=1S/C35H21.C5H5.Fe/c1-3-11-26(12-4-1)19-22-32-30-17-9-10-18-31(30)33(23-20-27-13-5-2-6-14-27)35-25-29(21-24-34(32)35)28-15-7-8-16-28;1-2-4-5-3-1;/h1-18,21,24-25H;1-5H;/q-1;-5;. The molecule has 0 aliphatic heterocycles. The van der Waals surface area contributed by atoms with Crippen molar-refractivity contribution in [1.29, 1.82) is 0 Å². The molecule has 0 amide bonds. The summed E-state index contributed by atoms with van der Waals surface area (Å²) >= 11 is 0. The molecule has 0 fully saturated rings. The third kappa shape index (κ3) is 6.41. The topological polar surface area (TPSA) is 0 Å². The van der Waals surface area contributed by atoms with Crippen molar-refractivity contribution < 1.29 is 17.1 Å². The van der Waals surface area contributed by atoms with Gasteiger partial charge in [0.1, 0.15) is 0 Å². The summed E-state index contributed by atoms with van der Waals surface area (Å²) in [5.74, 6) is 13.8. The van der Waals surface area contributed by atoms with E-state index in [-0.39, 0.29) is 17.1 Å². The van der Waals surface area contributed by atoms with Crippen molar-refractivity contribution in [3.8, 4) is 34.8 Å². The minimum absolute atomic E-state index is 0. The summed E-state index contributed by atoms with van der Waals surface area (Å²) in [5.41, 5.74) is 6.48. The summed E-state index contributed by atoms with van der Waals surface area (Å²) in [5, 5.41) is 4.50. The molecule has 41 heavy (non-hydrogen) atoms. The minimum Gasteiger partial charge on any atom is -0.748 e. The second kappa shape index (κ2) is 13.3. The average Bonchev–Trinajstić information content (AvgIpc) is 3.78. The maximum Gasteiger partial charge on any atom is 0.0393 e. The predicted octanol–water partition coefficient (Wildman–Crippen LogP) is 9.58. The Hall–Kier alpha value is -5.04. The first-order valence-corrected chi connectivity index (χ1v) is 13.4. The van der Waals surface area contributed by atoms with Gasteiger partial charge in [0.2, 0.25) is 0 Å². The largest absolute Gasteiger partial charge is 0.748 e. The number of hydrogen-bond acceptors (Lipinski definition) is 0. The van der Waals surface area contributed by atoms with E-state index in [0.29, 0.717) is 0 Å². The number of hydrogen-bond donors (Lipinski definition) is 0. The van der Waals surface area contributed by atoms with Gasteiger partial charge >= 0.3 is 0 Å². The third-order valence-corrected chi connectivity index (χ3v) is 6.79. The molecule has 7 aromatic rings. The van der Waals surface area contributed by atoms with E-state index in [4.69, 9.17) is 0 Å². The van der Waals surface area contributed by atoms with Gasteiger partial charge in [-0.1, -0.05) is 96.0 Å². The van der Waals surface area contributed by atoms with Crippen LogP contribution in [-0.2, 0) is 17.1 Å². The Kier molecular flexibility index (Phi) is 8.96. The van der Waals surface area contributed by atoms with Gasteiger partial charge in [0.15, 0.2) is 0 Å². The van der Waals surface area contributed by atoms with Crippen molar-refractivity contribution in [1.82, 2.24) is 0 Å². The van der Waals surface area contributed by atoms with Gasteiger partial charge in [-0.3, -0.25) is 0 Å². The van der Waals surface area contributed by atoms with E-state index in [0.717, 1.165) is 43.8 Å². The summed E-state index contributed by atoms with van der Waals surface area (Å²) in [6.07, 6.45) is 0. The van der Waals surface area contributed by atoms with E-state index in [1.165, 1.54) is 11.1 Å². The van der Waals surface area contributed by atoms with Crippen LogP contribution in [0.1, 0.15) is 22.3 Å². The van der Waals surface area contributed by atoms with E-state index in [2.05, 4.69) is 90.4 Å². The molecule has 7 rings (SSSR count). The maximum atomic E-state index is 3.52. The summed E-state index contributed by atoms with van der Waals surface area (Å²) in [6.45, 7) is 0. The van der Waals surface area contributed by atoms with Crippen LogP contribution in [0, 0.1) is 23.7 Å². The quantitative estimate of drug-likeness (QED) is 0.0809. The zero-order chi connectivity index (χ0) is 27.0. The molecule has 0 spiro atoms. The summed E-state index contributed by atoms with van der Waals surface area (Å²) < 4.78 is 0. The summed E-state index contributed by atoms with van der Waals surface area (Å²) in [6, 6.07) is 53.9. The molecule has 7 aromatic carbocycles. The average molecular weight is 562 g/mol. The molecule has 0 aliphatic carbocycles. The fraction of sp³-hybridized carbons (Fsp3) is 0. The monoisotopic (exact) mass is 562 g/mol. The van der Waals surface area contributed by atoms with E-state index in [1.807, 2.05) is 91.0 Å². The molecule has 0 saturated carbocycles. The Labute approximate surface area is 252 Å². The molecule has 0 aliphatic rings. The summed E-state index contributed by atoms with van der Waals surface area (Å²) in [7, 11) is 0. The molecule has 0 N–H and O–H groups in total. The Morgan fingerprint density at radius 3 is 1.37 bits per heavy atom. The smallest absolute Gasteiger partial charge is 0.0393 e. The Morgan fingerprint density at radius 2 is 0.854 bits per heavy atom. The van der Waals surface area contributed by atoms with Gasteiger partial charge in [0.05, 0.1) is 0 Å². The molecule has 0 atom stereocenters. The second-order valence-corrected chi connectivity index (χ2v) is 9.42. The fourth-order valence-electron chi connectivity index (χ4n) is 4.83. The van der Waals surface area contributed by atoms with Gasteiger partial charge in [-0.15, -0.1) is 29.8 Å². The second-order valence-electron chi connectivity index (χ2n) is 9.42. The summed E-state index contributed by atoms with van der Waals surface area (Å²) in [4.78, 5) is 0. The molecular formula is C40H26Fe-6. The van der Waals surface area contributed by atoms with Crippen molar-refractivity contribution in [2.24, 2.45) is 0 Å². The zero-order valence-corrected chi connectivity index (χ0v) is 23.5. The van der Waals surface area contributed by atoms with E-state index in [1.54, 1.807) is 0 Å². The van der Waals surface area contributed by atoms with Crippen LogP contribution in [0.2, 0.25) is 0 Å². The van der Waals surface area contributed by atoms with Crippen molar-refractivity contribution in [3.05, 3.63) is 180 Å². The molecule has 0 aromatic heterocycles. The maximum absolute atomic E-state index is 3.52. The van der Waals surface area contributed by atoms with Crippen LogP contribution in [0.3, 0.4) is 0 Å². The molecule has 0 nitrogen and oxygen atoms in total. The molecule has 0 unspecified atom stereocenters. The SMILES string of the molecule is C(#Cc1c2ccccc2c(C#Cc2ccccc2)c2cc(-[c-]3cccc3)ccc12)c1ccccc1.[Fe].[cH-]1[cH-][cH-][cH-][cH-]1. The Balaban J connectivity index is 0.000000510. The normalized spacial score (nSPS) is 9.85. The van der Waals surface area contributed by atoms with Crippen LogP contribution in [0.5, 0.6) is 0 Å². The van der Waals surface area contributed by atoms with Crippen LogP contribution in [0.4, 0.5) is 0 Å². The van der Waals surface area contributed by atoms with E-state index < -0.39 is 0 Å². The van der Waals surface area contributed by atoms with Gasteiger partial charge in [-0.25, -0.2) is 0 Å². The molecule has 0 saturated heterocycles. The van der Waals surface area contributed by atoms with Gasteiger partial charge in [-0.05, 0) is 45.8 Å². The molecular weight excluding hydrogens is 536 g/mol. The van der Waals surface area contributed by atoms with Crippen LogP contribution in [0.25, 0.3) is 32.7 Å². The molecule has 0 radical (unpaired) electrons. The molecule has 200 valence electrons. The number of fused-ring (bicyclic) bond motifs is 2. The fourth-order valence-corrected chi connectivity index (χ4v) is 4.83. The first kappa shape index (κ1) is 27.5. The van der Waals surface area contributed by atoms with Crippen molar-refractivity contribution in [2.45, 2.75) is 0 Å². The number of rotatable bonds is 1. The van der Waals surface area contributed by atoms with Crippen molar-refractivity contribution in [3.63, 3.8) is 0 Å². The molecule has 0 heterocycles.